The summed E-state index contributed by atoms with van der Waals surface area (Å²) in [4.78, 5) is 16.6. The van der Waals surface area contributed by atoms with E-state index in [1.54, 1.807) is 0 Å². The molecule has 154 valence electrons. The Labute approximate surface area is 181 Å². The number of aliphatic hydroxyl groups is 1. The van der Waals surface area contributed by atoms with Crippen LogP contribution in [-0.4, -0.2) is 36.6 Å². The second kappa shape index (κ2) is 8.95. The number of esters is 1. The summed E-state index contributed by atoms with van der Waals surface area (Å²) in [5.74, 6) is -0.928. The van der Waals surface area contributed by atoms with Crippen molar-refractivity contribution < 1.29 is 23.1 Å². The predicted octanol–water partition coefficient (Wildman–Crippen LogP) is 3.37. The minimum atomic E-state index is -4.16. The van der Waals surface area contributed by atoms with E-state index in [4.69, 9.17) is 27.9 Å². The highest BCUT2D eigenvalue weighted by Gasteiger charge is 2.31. The van der Waals surface area contributed by atoms with E-state index in [1.165, 1.54) is 30.4 Å². The number of nitrogens with zero attached hydrogens (tertiary/aromatic N) is 1. The van der Waals surface area contributed by atoms with Gasteiger partial charge in [-0.1, -0.05) is 35.3 Å². The molecule has 2 aromatic carbocycles. The highest BCUT2D eigenvalue weighted by Crippen LogP contribution is 2.25. The lowest BCUT2D eigenvalue weighted by atomic mass is 10.2. The predicted molar refractivity (Wildman–Crippen MR) is 112 cm³/mol. The van der Waals surface area contributed by atoms with E-state index in [2.05, 4.69) is 9.71 Å². The lowest BCUT2D eigenvalue weighted by molar-refractivity contribution is -0.149. The molecule has 0 aliphatic rings. The molecule has 0 saturated carbocycles. The molecular weight excluding hydrogens is 459 g/mol. The molecule has 3 rings (SSSR count). The van der Waals surface area contributed by atoms with Gasteiger partial charge in [0.2, 0.25) is 10.0 Å². The molecule has 0 amide bonds. The van der Waals surface area contributed by atoms with Crippen LogP contribution in [0.5, 0.6) is 0 Å². The Morgan fingerprint density at radius 3 is 2.62 bits per heavy atom. The maximum atomic E-state index is 12.6. The molecule has 3 aromatic rings. The quantitative estimate of drug-likeness (QED) is 0.508. The number of thiazole rings is 1. The molecule has 0 aliphatic carbocycles. The SMILES string of the molecule is CC(O)C(NS(=O)(=O)c1ccc(Cl)c(Cl)c1)C(=O)OCc1nc2ccccc2s1. The maximum absolute atomic E-state index is 12.6. The first-order valence-electron chi connectivity index (χ1n) is 8.34. The molecule has 29 heavy (non-hydrogen) atoms. The Balaban J connectivity index is 1.72. The average Bonchev–Trinajstić information content (AvgIpc) is 3.09. The van der Waals surface area contributed by atoms with Crippen molar-refractivity contribution in [1.29, 1.82) is 0 Å². The number of nitrogens with one attached hydrogen (secondary N) is 1. The molecule has 2 N–H and O–H groups in total. The van der Waals surface area contributed by atoms with Crippen molar-refractivity contribution in [3.05, 3.63) is 57.5 Å². The Hall–Kier alpha value is -1.75. The Morgan fingerprint density at radius 2 is 1.97 bits per heavy atom. The van der Waals surface area contributed by atoms with Crippen LogP contribution in [0.25, 0.3) is 10.2 Å². The van der Waals surface area contributed by atoms with Crippen molar-refractivity contribution in [3.63, 3.8) is 0 Å². The summed E-state index contributed by atoms with van der Waals surface area (Å²) in [5.41, 5.74) is 0.774. The number of fused-ring (bicyclic) bond motifs is 1. The van der Waals surface area contributed by atoms with Gasteiger partial charge in [-0.15, -0.1) is 11.3 Å². The standard InChI is InChI=1S/C18H16Cl2N2O5S2/c1-10(23)17(22-29(25,26)11-6-7-12(19)13(20)8-11)18(24)27-9-16-21-14-4-2-3-5-15(14)28-16/h2-8,10,17,22-23H,9H2,1H3. The number of hydrogen-bond acceptors (Lipinski definition) is 7. The van der Waals surface area contributed by atoms with Crippen LogP contribution in [0.1, 0.15) is 11.9 Å². The molecule has 0 saturated heterocycles. The van der Waals surface area contributed by atoms with Gasteiger partial charge in [0, 0.05) is 0 Å². The fraction of sp³-hybridized carbons (Fsp3) is 0.222. The van der Waals surface area contributed by atoms with Crippen LogP contribution < -0.4 is 4.72 Å². The van der Waals surface area contributed by atoms with Crippen LogP contribution >= 0.6 is 34.5 Å². The zero-order valence-corrected chi connectivity index (χ0v) is 18.1. The highest BCUT2D eigenvalue weighted by molar-refractivity contribution is 7.89. The van der Waals surface area contributed by atoms with Gasteiger partial charge in [-0.2, -0.15) is 4.72 Å². The third kappa shape index (κ3) is 5.25. The third-order valence-electron chi connectivity index (χ3n) is 3.90. The van der Waals surface area contributed by atoms with Gasteiger partial charge in [-0.25, -0.2) is 13.4 Å². The van der Waals surface area contributed by atoms with Crippen molar-refractivity contribution in [1.82, 2.24) is 9.71 Å². The lowest BCUT2D eigenvalue weighted by Crippen LogP contribution is -2.48. The molecular formula is C18H16Cl2N2O5S2. The molecule has 0 fully saturated rings. The Morgan fingerprint density at radius 1 is 1.24 bits per heavy atom. The molecule has 0 spiro atoms. The van der Waals surface area contributed by atoms with Gasteiger partial charge in [0.25, 0.3) is 0 Å². The molecule has 1 heterocycles. The van der Waals surface area contributed by atoms with Crippen molar-refractivity contribution in [2.24, 2.45) is 0 Å². The highest BCUT2D eigenvalue weighted by atomic mass is 35.5. The van der Waals surface area contributed by atoms with E-state index in [0.29, 0.717) is 5.01 Å². The van der Waals surface area contributed by atoms with Gasteiger partial charge < -0.3 is 9.84 Å². The summed E-state index contributed by atoms with van der Waals surface area (Å²) in [6, 6.07) is 9.64. The minimum absolute atomic E-state index is 0.0431. The van der Waals surface area contributed by atoms with Gasteiger partial charge in [0.05, 0.1) is 31.3 Å². The average molecular weight is 475 g/mol. The smallest absolute Gasteiger partial charge is 0.327 e. The lowest BCUT2D eigenvalue weighted by Gasteiger charge is -2.20. The van der Waals surface area contributed by atoms with E-state index >= 15 is 0 Å². The first-order valence-corrected chi connectivity index (χ1v) is 11.4. The molecule has 11 heteroatoms. The Bertz CT molecular complexity index is 1120. The molecule has 7 nitrogen and oxygen atoms in total. The van der Waals surface area contributed by atoms with Crippen LogP contribution in [-0.2, 0) is 26.2 Å². The number of para-hydroxylation sites is 1. The zero-order chi connectivity index (χ0) is 21.2. The van der Waals surface area contributed by atoms with Gasteiger partial charge in [0.15, 0.2) is 0 Å². The molecule has 1 aromatic heterocycles. The van der Waals surface area contributed by atoms with Crippen LogP contribution in [0.3, 0.4) is 0 Å². The van der Waals surface area contributed by atoms with Crippen LogP contribution in [0.2, 0.25) is 10.0 Å². The molecule has 0 bridgehead atoms. The number of sulfonamides is 1. The Kier molecular flexibility index (Phi) is 6.77. The number of carbonyl (C=O) groups is 1. The monoisotopic (exact) mass is 474 g/mol. The number of hydrogen-bond donors (Lipinski definition) is 2. The summed E-state index contributed by atoms with van der Waals surface area (Å²) < 4.78 is 33.4. The molecule has 0 aliphatic heterocycles. The van der Waals surface area contributed by atoms with E-state index in [-0.39, 0.29) is 21.5 Å². The van der Waals surface area contributed by atoms with Crippen LogP contribution in [0.4, 0.5) is 0 Å². The van der Waals surface area contributed by atoms with Gasteiger partial charge in [0.1, 0.15) is 17.7 Å². The normalized spacial score (nSPS) is 13.9. The number of halogens is 2. The summed E-state index contributed by atoms with van der Waals surface area (Å²) in [7, 11) is -4.16. The summed E-state index contributed by atoms with van der Waals surface area (Å²) in [6.07, 6.45) is -1.34. The number of aromatic nitrogens is 1. The van der Waals surface area contributed by atoms with Gasteiger partial charge in [-0.05, 0) is 37.3 Å². The second-order valence-electron chi connectivity index (χ2n) is 6.10. The van der Waals surface area contributed by atoms with E-state index in [1.807, 2.05) is 24.3 Å². The largest absolute Gasteiger partial charge is 0.457 e. The van der Waals surface area contributed by atoms with Gasteiger partial charge in [-0.3, -0.25) is 4.79 Å². The van der Waals surface area contributed by atoms with E-state index in [0.717, 1.165) is 16.3 Å². The fourth-order valence-electron chi connectivity index (χ4n) is 2.43. The first kappa shape index (κ1) is 21.9. The summed E-state index contributed by atoms with van der Waals surface area (Å²) >= 11 is 13.0. The summed E-state index contributed by atoms with van der Waals surface area (Å²) in [5, 5.41) is 10.7. The second-order valence-corrected chi connectivity index (χ2v) is 9.74. The molecule has 0 radical (unpaired) electrons. The minimum Gasteiger partial charge on any atom is -0.457 e. The van der Waals surface area contributed by atoms with E-state index in [9.17, 15) is 18.3 Å². The van der Waals surface area contributed by atoms with Gasteiger partial charge >= 0.3 is 5.97 Å². The van der Waals surface area contributed by atoms with Crippen LogP contribution in [0.15, 0.2) is 47.4 Å². The number of ether oxygens (including phenoxy) is 1. The fourth-order valence-corrected chi connectivity index (χ4v) is 4.95. The maximum Gasteiger partial charge on any atom is 0.327 e. The van der Waals surface area contributed by atoms with Crippen molar-refractivity contribution in [2.75, 3.05) is 0 Å². The third-order valence-corrected chi connectivity index (χ3v) is 7.08. The topological polar surface area (TPSA) is 106 Å². The zero-order valence-electron chi connectivity index (χ0n) is 15.0. The first-order chi connectivity index (χ1) is 13.7. The van der Waals surface area contributed by atoms with Crippen molar-refractivity contribution >= 4 is 60.7 Å². The van der Waals surface area contributed by atoms with E-state index < -0.39 is 28.1 Å². The number of rotatable bonds is 7. The number of carbonyl (C=O) groups excluding carboxylic acids is 1. The summed E-state index contributed by atoms with van der Waals surface area (Å²) in [6.45, 7) is 1.14. The molecule has 2 atom stereocenters. The van der Waals surface area contributed by atoms with Crippen molar-refractivity contribution in [2.45, 2.75) is 30.6 Å². The number of aliphatic hydroxyl groups excluding tert-OH is 1. The van der Waals surface area contributed by atoms with Crippen molar-refractivity contribution in [3.8, 4) is 0 Å². The molecule has 2 unspecified atom stereocenters. The number of benzene rings is 2. The van der Waals surface area contributed by atoms with Crippen LogP contribution in [0, 0.1) is 0 Å².